The molecule has 124 valence electrons. The maximum absolute atomic E-state index is 5.83. The van der Waals surface area contributed by atoms with Crippen molar-refractivity contribution >= 4 is 0 Å². The Morgan fingerprint density at radius 3 is 2.81 bits per heavy atom. The normalized spacial score (nSPS) is 34.7. The zero-order valence-corrected chi connectivity index (χ0v) is 14.4. The second-order valence-electron chi connectivity index (χ2n) is 7.46. The molecule has 3 unspecified atom stereocenters. The first-order valence-corrected chi connectivity index (χ1v) is 8.69. The smallest absolute Gasteiger partial charge is 0.0674 e. The molecule has 0 saturated carbocycles. The van der Waals surface area contributed by atoms with Crippen LogP contribution in [0.1, 0.15) is 40.5 Å². The molecule has 0 bridgehead atoms. The lowest BCUT2D eigenvalue weighted by molar-refractivity contribution is -0.0698. The minimum Gasteiger partial charge on any atom is -0.381 e. The van der Waals surface area contributed by atoms with E-state index in [0.717, 1.165) is 46.0 Å². The lowest BCUT2D eigenvalue weighted by Crippen LogP contribution is -2.54. The molecule has 3 atom stereocenters. The van der Waals surface area contributed by atoms with Crippen molar-refractivity contribution < 1.29 is 9.47 Å². The summed E-state index contributed by atoms with van der Waals surface area (Å²) in [6.45, 7) is 16.1. The molecule has 0 aromatic rings. The number of ether oxygens (including phenoxy) is 2. The zero-order valence-electron chi connectivity index (χ0n) is 14.4. The van der Waals surface area contributed by atoms with Gasteiger partial charge in [-0.05, 0) is 32.2 Å². The summed E-state index contributed by atoms with van der Waals surface area (Å²) in [4.78, 5) is 2.65. The molecule has 2 rings (SSSR count). The molecule has 0 radical (unpaired) electrons. The minimum atomic E-state index is 0.291. The van der Waals surface area contributed by atoms with Crippen LogP contribution >= 0.6 is 0 Å². The molecule has 0 aliphatic carbocycles. The summed E-state index contributed by atoms with van der Waals surface area (Å²) in [5.74, 6) is 0.705. The van der Waals surface area contributed by atoms with Crippen LogP contribution in [0.4, 0.5) is 0 Å². The predicted molar refractivity (Wildman–Crippen MR) is 86.6 cm³/mol. The highest BCUT2D eigenvalue weighted by Gasteiger charge is 2.39. The molecule has 2 saturated heterocycles. The van der Waals surface area contributed by atoms with E-state index in [1.807, 2.05) is 0 Å². The van der Waals surface area contributed by atoms with Gasteiger partial charge in [0.15, 0.2) is 0 Å². The molecular formula is C17H34N2O2. The Bertz CT molecular complexity index is 303. The Hall–Kier alpha value is -0.160. The number of hydrogen-bond acceptors (Lipinski definition) is 4. The maximum atomic E-state index is 5.83. The van der Waals surface area contributed by atoms with E-state index in [1.165, 1.54) is 12.8 Å². The molecule has 2 heterocycles. The molecule has 2 aliphatic rings. The van der Waals surface area contributed by atoms with Crippen LogP contribution in [0.2, 0.25) is 0 Å². The van der Waals surface area contributed by atoms with Gasteiger partial charge in [-0.3, -0.25) is 4.90 Å². The van der Waals surface area contributed by atoms with Gasteiger partial charge >= 0.3 is 0 Å². The minimum absolute atomic E-state index is 0.291. The summed E-state index contributed by atoms with van der Waals surface area (Å²) in [5.41, 5.74) is 0.291. The number of nitrogens with zero attached hydrogens (tertiary/aromatic N) is 1. The molecule has 21 heavy (non-hydrogen) atoms. The molecule has 0 aromatic carbocycles. The van der Waals surface area contributed by atoms with Crippen LogP contribution in [0.3, 0.4) is 0 Å². The zero-order chi connectivity index (χ0) is 15.3. The van der Waals surface area contributed by atoms with E-state index in [2.05, 4.69) is 37.9 Å². The fourth-order valence-electron chi connectivity index (χ4n) is 3.51. The van der Waals surface area contributed by atoms with Gasteiger partial charge < -0.3 is 14.8 Å². The molecule has 1 N–H and O–H groups in total. The van der Waals surface area contributed by atoms with Crippen molar-refractivity contribution in [3.05, 3.63) is 0 Å². The highest BCUT2D eigenvalue weighted by molar-refractivity contribution is 4.91. The molecular weight excluding hydrogens is 264 g/mol. The summed E-state index contributed by atoms with van der Waals surface area (Å²) >= 11 is 0. The van der Waals surface area contributed by atoms with Gasteiger partial charge in [-0.25, -0.2) is 0 Å². The quantitative estimate of drug-likeness (QED) is 0.781. The lowest BCUT2D eigenvalue weighted by Gasteiger charge is -2.43. The molecule has 2 aliphatic heterocycles. The van der Waals surface area contributed by atoms with Gasteiger partial charge in [0.05, 0.1) is 19.3 Å². The highest BCUT2D eigenvalue weighted by Crippen LogP contribution is 2.31. The Balaban J connectivity index is 1.94. The molecule has 0 aromatic heterocycles. The molecule has 4 heteroatoms. The van der Waals surface area contributed by atoms with Crippen LogP contribution in [0, 0.1) is 11.3 Å². The van der Waals surface area contributed by atoms with Gasteiger partial charge in [-0.1, -0.05) is 20.8 Å². The average molecular weight is 298 g/mol. The maximum Gasteiger partial charge on any atom is 0.0674 e. The van der Waals surface area contributed by atoms with E-state index >= 15 is 0 Å². The Kier molecular flexibility index (Phi) is 6.48. The standard InChI is InChI=1S/C17H34N2O2/c1-5-16-10-21-15(4)9-19(16)12-17(6-7-20-13-17)11-18-8-14(2)3/h14-16,18H,5-13H2,1-4H3. The van der Waals surface area contributed by atoms with E-state index < -0.39 is 0 Å². The third-order valence-corrected chi connectivity index (χ3v) is 4.83. The fourth-order valence-corrected chi connectivity index (χ4v) is 3.51. The summed E-state index contributed by atoms with van der Waals surface area (Å²) in [7, 11) is 0. The topological polar surface area (TPSA) is 33.7 Å². The third kappa shape index (κ3) is 4.92. The predicted octanol–water partition coefficient (Wildman–Crippen LogP) is 2.14. The first-order valence-electron chi connectivity index (χ1n) is 8.69. The first-order chi connectivity index (χ1) is 10.0. The SMILES string of the molecule is CCC1COC(C)CN1CC1(CNCC(C)C)CCOC1. The van der Waals surface area contributed by atoms with Crippen LogP contribution < -0.4 is 5.32 Å². The lowest BCUT2D eigenvalue weighted by atomic mass is 9.85. The van der Waals surface area contributed by atoms with Gasteiger partial charge in [0.1, 0.15) is 0 Å². The average Bonchev–Trinajstić information content (AvgIpc) is 2.87. The van der Waals surface area contributed by atoms with Crippen molar-refractivity contribution in [1.29, 1.82) is 0 Å². The third-order valence-electron chi connectivity index (χ3n) is 4.83. The highest BCUT2D eigenvalue weighted by atomic mass is 16.5. The van der Waals surface area contributed by atoms with Crippen LogP contribution in [0.15, 0.2) is 0 Å². The van der Waals surface area contributed by atoms with Crippen molar-refractivity contribution in [1.82, 2.24) is 10.2 Å². The number of morpholine rings is 1. The number of rotatable bonds is 7. The van der Waals surface area contributed by atoms with E-state index in [4.69, 9.17) is 9.47 Å². The summed E-state index contributed by atoms with van der Waals surface area (Å²) in [6.07, 6.45) is 2.71. The van der Waals surface area contributed by atoms with Crippen LogP contribution in [-0.2, 0) is 9.47 Å². The molecule has 0 amide bonds. The van der Waals surface area contributed by atoms with Crippen molar-refractivity contribution in [2.75, 3.05) is 46.0 Å². The van der Waals surface area contributed by atoms with Crippen LogP contribution in [-0.4, -0.2) is 63.0 Å². The van der Waals surface area contributed by atoms with Crippen molar-refractivity contribution in [2.45, 2.75) is 52.7 Å². The van der Waals surface area contributed by atoms with E-state index in [-0.39, 0.29) is 0 Å². The Labute approximate surface area is 130 Å². The Morgan fingerprint density at radius 2 is 2.19 bits per heavy atom. The molecule has 2 fully saturated rings. The van der Waals surface area contributed by atoms with E-state index in [0.29, 0.717) is 23.5 Å². The van der Waals surface area contributed by atoms with Gasteiger partial charge in [0.25, 0.3) is 0 Å². The second kappa shape index (κ2) is 7.91. The van der Waals surface area contributed by atoms with E-state index in [9.17, 15) is 0 Å². The summed E-state index contributed by atoms with van der Waals surface area (Å²) in [5, 5.41) is 3.66. The van der Waals surface area contributed by atoms with Gasteiger partial charge in [-0.2, -0.15) is 0 Å². The molecule has 4 nitrogen and oxygen atoms in total. The Morgan fingerprint density at radius 1 is 1.38 bits per heavy atom. The number of hydrogen-bond donors (Lipinski definition) is 1. The van der Waals surface area contributed by atoms with Crippen molar-refractivity contribution in [3.63, 3.8) is 0 Å². The van der Waals surface area contributed by atoms with Gasteiger partial charge in [0.2, 0.25) is 0 Å². The van der Waals surface area contributed by atoms with Crippen LogP contribution in [0.25, 0.3) is 0 Å². The molecule has 0 spiro atoms. The largest absolute Gasteiger partial charge is 0.381 e. The monoisotopic (exact) mass is 298 g/mol. The van der Waals surface area contributed by atoms with E-state index in [1.54, 1.807) is 0 Å². The van der Waals surface area contributed by atoms with Crippen LogP contribution in [0.5, 0.6) is 0 Å². The van der Waals surface area contributed by atoms with Crippen molar-refractivity contribution in [2.24, 2.45) is 11.3 Å². The fraction of sp³-hybridized carbons (Fsp3) is 1.00. The second-order valence-corrected chi connectivity index (χ2v) is 7.46. The van der Waals surface area contributed by atoms with Gasteiger partial charge in [0, 0.05) is 37.7 Å². The summed E-state index contributed by atoms with van der Waals surface area (Å²) in [6, 6.07) is 0.573. The first kappa shape index (κ1) is 17.2. The number of nitrogens with one attached hydrogen (secondary N) is 1. The van der Waals surface area contributed by atoms with Gasteiger partial charge in [-0.15, -0.1) is 0 Å². The van der Waals surface area contributed by atoms with Crippen molar-refractivity contribution in [3.8, 4) is 0 Å². The summed E-state index contributed by atoms with van der Waals surface area (Å²) < 4.78 is 11.6.